The summed E-state index contributed by atoms with van der Waals surface area (Å²) in [5, 5.41) is 3.56. The number of piperidine rings is 1. The number of ether oxygens (including phenoxy) is 1. The highest BCUT2D eigenvalue weighted by molar-refractivity contribution is 5.95. The van der Waals surface area contributed by atoms with E-state index in [4.69, 9.17) is 4.74 Å². The third-order valence-electron chi connectivity index (χ3n) is 4.69. The van der Waals surface area contributed by atoms with Gasteiger partial charge in [0.15, 0.2) is 0 Å². The quantitative estimate of drug-likeness (QED) is 0.786. The third-order valence-corrected chi connectivity index (χ3v) is 4.69. The number of rotatable bonds is 6. The molecule has 1 saturated heterocycles. The topological polar surface area (TPSA) is 41.6 Å². The number of carbonyl (C=O) groups is 1. The zero-order chi connectivity index (χ0) is 18.4. The maximum Gasteiger partial charge on any atom is 0.340 e. The molecule has 0 spiro atoms. The molecule has 0 unspecified atom stereocenters. The molecule has 0 saturated carbocycles. The van der Waals surface area contributed by atoms with Crippen LogP contribution >= 0.6 is 0 Å². The minimum absolute atomic E-state index is 0.114. The van der Waals surface area contributed by atoms with Gasteiger partial charge in [0, 0.05) is 31.4 Å². The molecule has 2 aromatic rings. The zero-order valence-corrected chi connectivity index (χ0v) is 15.7. The van der Waals surface area contributed by atoms with Gasteiger partial charge in [0.2, 0.25) is 0 Å². The Labute approximate surface area is 156 Å². The summed E-state index contributed by atoms with van der Waals surface area (Å²) in [4.78, 5) is 14.8. The van der Waals surface area contributed by atoms with Crippen LogP contribution in [-0.2, 0) is 11.3 Å². The first-order valence-corrected chi connectivity index (χ1v) is 9.44. The van der Waals surface area contributed by atoms with Crippen molar-refractivity contribution in [2.75, 3.05) is 18.4 Å². The molecule has 0 aliphatic carbocycles. The van der Waals surface area contributed by atoms with E-state index in [1.54, 1.807) is 0 Å². The number of para-hydroxylation sites is 1. The molecular formula is C22H28N2O2. The molecule has 1 N–H and O–H groups in total. The van der Waals surface area contributed by atoms with Crippen molar-refractivity contribution in [2.24, 2.45) is 0 Å². The van der Waals surface area contributed by atoms with Gasteiger partial charge in [-0.15, -0.1) is 0 Å². The summed E-state index contributed by atoms with van der Waals surface area (Å²) in [5.74, 6) is -0.260. The number of nitrogens with one attached hydrogen (secondary N) is 1. The highest BCUT2D eigenvalue weighted by Crippen LogP contribution is 2.22. The van der Waals surface area contributed by atoms with Crippen LogP contribution in [0, 0.1) is 0 Å². The number of esters is 1. The van der Waals surface area contributed by atoms with E-state index < -0.39 is 0 Å². The monoisotopic (exact) mass is 352 g/mol. The number of benzene rings is 2. The van der Waals surface area contributed by atoms with Gasteiger partial charge in [-0.25, -0.2) is 4.79 Å². The van der Waals surface area contributed by atoms with Crippen molar-refractivity contribution in [1.82, 2.24) is 4.90 Å². The Morgan fingerprint density at radius 3 is 2.42 bits per heavy atom. The number of hydrogen-bond donors (Lipinski definition) is 1. The van der Waals surface area contributed by atoms with Crippen molar-refractivity contribution in [3.8, 4) is 0 Å². The first kappa shape index (κ1) is 18.5. The SMILES string of the molecule is CC(C)OC(=O)c1ccccc1NC1CCN(Cc2ccccc2)CC1. The molecule has 0 amide bonds. The Morgan fingerprint density at radius 2 is 1.73 bits per heavy atom. The Morgan fingerprint density at radius 1 is 1.08 bits per heavy atom. The molecule has 4 heteroatoms. The fourth-order valence-corrected chi connectivity index (χ4v) is 3.36. The molecule has 1 heterocycles. The number of likely N-dealkylation sites (tertiary alicyclic amines) is 1. The molecule has 0 aromatic heterocycles. The summed E-state index contributed by atoms with van der Waals surface area (Å²) in [7, 11) is 0. The molecular weight excluding hydrogens is 324 g/mol. The molecule has 26 heavy (non-hydrogen) atoms. The summed E-state index contributed by atoms with van der Waals surface area (Å²) in [6.45, 7) is 6.87. The van der Waals surface area contributed by atoms with Crippen LogP contribution in [0.1, 0.15) is 42.6 Å². The van der Waals surface area contributed by atoms with Crippen molar-refractivity contribution in [3.05, 3.63) is 65.7 Å². The largest absolute Gasteiger partial charge is 0.459 e. The van der Waals surface area contributed by atoms with Crippen molar-refractivity contribution in [1.29, 1.82) is 0 Å². The maximum absolute atomic E-state index is 12.3. The molecule has 0 radical (unpaired) electrons. The number of carbonyl (C=O) groups excluding carboxylic acids is 1. The van der Waals surface area contributed by atoms with E-state index in [9.17, 15) is 4.79 Å². The zero-order valence-electron chi connectivity index (χ0n) is 15.7. The lowest BCUT2D eigenvalue weighted by molar-refractivity contribution is 0.0379. The second-order valence-corrected chi connectivity index (χ2v) is 7.18. The summed E-state index contributed by atoms with van der Waals surface area (Å²) in [6, 6.07) is 18.6. The number of anilines is 1. The van der Waals surface area contributed by atoms with Crippen LogP contribution in [0.15, 0.2) is 54.6 Å². The minimum Gasteiger partial charge on any atom is -0.459 e. The van der Waals surface area contributed by atoms with Crippen molar-refractivity contribution in [2.45, 2.75) is 45.4 Å². The molecule has 1 fully saturated rings. The van der Waals surface area contributed by atoms with Crippen molar-refractivity contribution < 1.29 is 9.53 Å². The van der Waals surface area contributed by atoms with E-state index in [-0.39, 0.29) is 12.1 Å². The Bertz CT molecular complexity index is 707. The predicted octanol–water partition coefficient (Wildman–Crippen LogP) is 4.33. The average Bonchev–Trinajstić information content (AvgIpc) is 2.64. The van der Waals surface area contributed by atoms with Crippen LogP contribution in [0.4, 0.5) is 5.69 Å². The van der Waals surface area contributed by atoms with Crippen LogP contribution in [0.5, 0.6) is 0 Å². The lowest BCUT2D eigenvalue weighted by Gasteiger charge is -2.33. The van der Waals surface area contributed by atoms with Crippen LogP contribution in [-0.4, -0.2) is 36.1 Å². The van der Waals surface area contributed by atoms with Gasteiger partial charge in [0.1, 0.15) is 0 Å². The minimum atomic E-state index is -0.260. The molecule has 3 rings (SSSR count). The normalized spacial score (nSPS) is 15.8. The third kappa shape index (κ3) is 5.09. The molecule has 4 nitrogen and oxygen atoms in total. The van der Waals surface area contributed by atoms with Crippen molar-refractivity contribution >= 4 is 11.7 Å². The van der Waals surface area contributed by atoms with Gasteiger partial charge in [0.05, 0.1) is 11.7 Å². The predicted molar refractivity (Wildman–Crippen MR) is 105 cm³/mol. The highest BCUT2D eigenvalue weighted by atomic mass is 16.5. The Balaban J connectivity index is 1.55. The van der Waals surface area contributed by atoms with Gasteiger partial charge >= 0.3 is 5.97 Å². The molecule has 1 aliphatic rings. The van der Waals surface area contributed by atoms with E-state index >= 15 is 0 Å². The molecule has 138 valence electrons. The maximum atomic E-state index is 12.3. The van der Waals surface area contributed by atoms with Crippen LogP contribution < -0.4 is 5.32 Å². The van der Waals surface area contributed by atoms with Gasteiger partial charge in [-0.2, -0.15) is 0 Å². The first-order valence-electron chi connectivity index (χ1n) is 9.44. The average molecular weight is 352 g/mol. The molecule has 2 aromatic carbocycles. The summed E-state index contributed by atoms with van der Waals surface area (Å²) in [6.07, 6.45) is 2.03. The second kappa shape index (κ2) is 8.86. The van der Waals surface area contributed by atoms with Gasteiger partial charge < -0.3 is 10.1 Å². The Kier molecular flexibility index (Phi) is 6.29. The van der Waals surface area contributed by atoms with Crippen molar-refractivity contribution in [3.63, 3.8) is 0 Å². The standard InChI is InChI=1S/C22H28N2O2/c1-17(2)26-22(25)20-10-6-7-11-21(20)23-19-12-14-24(15-13-19)16-18-8-4-3-5-9-18/h3-11,17,19,23H,12-16H2,1-2H3. The molecule has 1 aliphatic heterocycles. The van der Waals surface area contributed by atoms with Gasteiger partial charge in [-0.1, -0.05) is 42.5 Å². The van der Waals surface area contributed by atoms with E-state index in [1.807, 2.05) is 38.1 Å². The first-order chi connectivity index (χ1) is 12.6. The fourth-order valence-electron chi connectivity index (χ4n) is 3.36. The fraction of sp³-hybridized carbons (Fsp3) is 0.409. The number of nitrogens with zero attached hydrogens (tertiary/aromatic N) is 1. The smallest absolute Gasteiger partial charge is 0.340 e. The Hall–Kier alpha value is -2.33. The van der Waals surface area contributed by atoms with Gasteiger partial charge in [0.25, 0.3) is 0 Å². The van der Waals surface area contributed by atoms with E-state index in [2.05, 4.69) is 40.5 Å². The molecule has 0 atom stereocenters. The number of hydrogen-bond acceptors (Lipinski definition) is 4. The van der Waals surface area contributed by atoms with Gasteiger partial charge in [-0.3, -0.25) is 4.90 Å². The molecule has 0 bridgehead atoms. The van der Waals surface area contributed by atoms with E-state index in [1.165, 1.54) is 5.56 Å². The van der Waals surface area contributed by atoms with Crippen LogP contribution in [0.2, 0.25) is 0 Å². The lowest BCUT2D eigenvalue weighted by Crippen LogP contribution is -2.38. The summed E-state index contributed by atoms with van der Waals surface area (Å²) >= 11 is 0. The van der Waals surface area contributed by atoms with E-state index in [0.717, 1.165) is 38.2 Å². The van der Waals surface area contributed by atoms with Gasteiger partial charge in [-0.05, 0) is 44.4 Å². The second-order valence-electron chi connectivity index (χ2n) is 7.18. The van der Waals surface area contributed by atoms with E-state index in [0.29, 0.717) is 11.6 Å². The van der Waals surface area contributed by atoms with Crippen LogP contribution in [0.3, 0.4) is 0 Å². The summed E-state index contributed by atoms with van der Waals surface area (Å²) < 4.78 is 5.36. The summed E-state index contributed by atoms with van der Waals surface area (Å²) in [5.41, 5.74) is 2.85. The highest BCUT2D eigenvalue weighted by Gasteiger charge is 2.21. The lowest BCUT2D eigenvalue weighted by atomic mass is 10.0. The van der Waals surface area contributed by atoms with Crippen LogP contribution in [0.25, 0.3) is 0 Å².